The van der Waals surface area contributed by atoms with Gasteiger partial charge in [-0.3, -0.25) is 4.79 Å². The van der Waals surface area contributed by atoms with Crippen LogP contribution < -0.4 is 0 Å². The lowest BCUT2D eigenvalue weighted by Crippen LogP contribution is -2.48. The van der Waals surface area contributed by atoms with E-state index in [1.165, 1.54) is 15.7 Å². The number of carbonyl (C=O) groups excluding carboxylic acids is 1. The second-order valence-corrected chi connectivity index (χ2v) is 6.94. The Morgan fingerprint density at radius 1 is 1.47 bits per heavy atom. The topological polar surface area (TPSA) is 66.9 Å². The molecule has 6 nitrogen and oxygen atoms in total. The second kappa shape index (κ2) is 7.21. The van der Waals surface area contributed by atoms with E-state index in [1.807, 2.05) is 6.92 Å². The van der Waals surface area contributed by atoms with E-state index in [-0.39, 0.29) is 18.4 Å². The van der Waals surface area contributed by atoms with E-state index in [0.717, 1.165) is 12.8 Å². The fraction of sp³-hybridized carbons (Fsp3) is 0.917. The summed E-state index contributed by atoms with van der Waals surface area (Å²) < 4.78 is 32.2. The molecule has 1 rings (SSSR count). The zero-order valence-electron chi connectivity index (χ0n) is 12.0. The van der Waals surface area contributed by atoms with Gasteiger partial charge in [-0.1, -0.05) is 13.3 Å². The van der Waals surface area contributed by atoms with Crippen molar-refractivity contribution in [2.45, 2.75) is 32.6 Å². The number of unbranched alkanes of at least 4 members (excludes halogenated alkanes) is 1. The van der Waals surface area contributed by atoms with Crippen molar-refractivity contribution in [2.75, 3.05) is 33.8 Å². The SMILES string of the molecule is CCCCN(C)S(=O)(=O)N1CCCC(C(=O)OC)C1. The van der Waals surface area contributed by atoms with E-state index in [9.17, 15) is 13.2 Å². The molecule has 0 amide bonds. The van der Waals surface area contributed by atoms with Gasteiger partial charge < -0.3 is 4.74 Å². The Bertz CT molecular complexity index is 397. The van der Waals surface area contributed by atoms with Gasteiger partial charge in [0.05, 0.1) is 13.0 Å². The van der Waals surface area contributed by atoms with E-state index >= 15 is 0 Å². The Morgan fingerprint density at radius 3 is 2.74 bits per heavy atom. The van der Waals surface area contributed by atoms with Gasteiger partial charge in [0.15, 0.2) is 0 Å². The zero-order chi connectivity index (χ0) is 14.5. The van der Waals surface area contributed by atoms with Crippen molar-refractivity contribution in [3.05, 3.63) is 0 Å². The van der Waals surface area contributed by atoms with Gasteiger partial charge in [-0.15, -0.1) is 0 Å². The van der Waals surface area contributed by atoms with Gasteiger partial charge in [-0.05, 0) is 19.3 Å². The highest BCUT2D eigenvalue weighted by Crippen LogP contribution is 2.21. The molecule has 0 aromatic carbocycles. The summed E-state index contributed by atoms with van der Waals surface area (Å²) in [7, 11) is -0.524. The highest BCUT2D eigenvalue weighted by Gasteiger charge is 2.34. The van der Waals surface area contributed by atoms with Crippen molar-refractivity contribution in [3.63, 3.8) is 0 Å². The van der Waals surface area contributed by atoms with E-state index < -0.39 is 10.2 Å². The van der Waals surface area contributed by atoms with Gasteiger partial charge in [0.2, 0.25) is 0 Å². The summed E-state index contributed by atoms with van der Waals surface area (Å²) in [5, 5.41) is 0. The third kappa shape index (κ3) is 4.15. The zero-order valence-corrected chi connectivity index (χ0v) is 12.8. The van der Waals surface area contributed by atoms with Crippen LogP contribution in [-0.2, 0) is 19.7 Å². The van der Waals surface area contributed by atoms with E-state index in [2.05, 4.69) is 0 Å². The van der Waals surface area contributed by atoms with Crippen molar-refractivity contribution in [1.82, 2.24) is 8.61 Å². The molecule has 1 unspecified atom stereocenters. The Kier molecular flexibility index (Phi) is 6.22. The van der Waals surface area contributed by atoms with Gasteiger partial charge in [0.25, 0.3) is 10.2 Å². The maximum absolute atomic E-state index is 12.3. The quantitative estimate of drug-likeness (QED) is 0.681. The molecule has 0 radical (unpaired) electrons. The average Bonchev–Trinajstić information content (AvgIpc) is 2.43. The number of esters is 1. The molecule has 1 atom stereocenters. The number of methoxy groups -OCH3 is 1. The monoisotopic (exact) mass is 292 g/mol. The predicted octanol–water partition coefficient (Wildman–Crippen LogP) is 0.848. The normalized spacial score (nSPS) is 21.6. The number of ether oxygens (including phenoxy) is 1. The molecule has 0 aliphatic carbocycles. The number of nitrogens with zero attached hydrogens (tertiary/aromatic N) is 2. The number of carbonyl (C=O) groups is 1. The van der Waals surface area contributed by atoms with Crippen LogP contribution in [0.15, 0.2) is 0 Å². The van der Waals surface area contributed by atoms with Crippen LogP contribution in [0.3, 0.4) is 0 Å². The Morgan fingerprint density at radius 2 is 2.16 bits per heavy atom. The third-order valence-electron chi connectivity index (χ3n) is 3.47. The molecular formula is C12H24N2O4S. The van der Waals surface area contributed by atoms with Crippen molar-refractivity contribution in [1.29, 1.82) is 0 Å². The first-order valence-corrected chi connectivity index (χ1v) is 8.12. The first kappa shape index (κ1) is 16.4. The lowest BCUT2D eigenvalue weighted by atomic mass is 10.0. The predicted molar refractivity (Wildman–Crippen MR) is 72.8 cm³/mol. The maximum Gasteiger partial charge on any atom is 0.309 e. The molecule has 0 saturated carbocycles. The first-order chi connectivity index (χ1) is 8.93. The number of rotatable bonds is 6. The second-order valence-electron chi connectivity index (χ2n) is 4.90. The molecule has 19 heavy (non-hydrogen) atoms. The van der Waals surface area contributed by atoms with E-state index in [1.54, 1.807) is 7.05 Å². The molecule has 0 aromatic heterocycles. The first-order valence-electron chi connectivity index (χ1n) is 6.72. The molecule has 112 valence electrons. The average molecular weight is 292 g/mol. The number of hydrogen-bond donors (Lipinski definition) is 0. The smallest absolute Gasteiger partial charge is 0.309 e. The minimum atomic E-state index is -3.45. The van der Waals surface area contributed by atoms with Crippen molar-refractivity contribution in [2.24, 2.45) is 5.92 Å². The highest BCUT2D eigenvalue weighted by molar-refractivity contribution is 7.86. The van der Waals surface area contributed by atoms with Crippen LogP contribution in [0.5, 0.6) is 0 Å². The van der Waals surface area contributed by atoms with Gasteiger partial charge in [0.1, 0.15) is 0 Å². The van der Waals surface area contributed by atoms with Crippen LogP contribution in [0.25, 0.3) is 0 Å². The van der Waals surface area contributed by atoms with Gasteiger partial charge in [-0.25, -0.2) is 0 Å². The summed E-state index contributed by atoms with van der Waals surface area (Å²) in [4.78, 5) is 11.5. The van der Waals surface area contributed by atoms with Gasteiger partial charge in [0, 0.05) is 26.7 Å². The Hall–Kier alpha value is -0.660. The van der Waals surface area contributed by atoms with Crippen molar-refractivity contribution < 1.29 is 17.9 Å². The lowest BCUT2D eigenvalue weighted by molar-refractivity contribution is -0.146. The van der Waals surface area contributed by atoms with Gasteiger partial charge >= 0.3 is 5.97 Å². The van der Waals surface area contributed by atoms with Crippen LogP contribution in [0.2, 0.25) is 0 Å². The van der Waals surface area contributed by atoms with Crippen LogP contribution in [-0.4, -0.2) is 56.8 Å². The van der Waals surface area contributed by atoms with Crippen molar-refractivity contribution in [3.8, 4) is 0 Å². The maximum atomic E-state index is 12.3. The summed E-state index contributed by atoms with van der Waals surface area (Å²) in [5.41, 5.74) is 0. The van der Waals surface area contributed by atoms with Crippen molar-refractivity contribution >= 4 is 16.2 Å². The molecular weight excluding hydrogens is 268 g/mol. The molecule has 1 fully saturated rings. The summed E-state index contributed by atoms with van der Waals surface area (Å²) in [6.07, 6.45) is 3.17. The molecule has 1 aliphatic rings. The Labute approximate surface area is 115 Å². The van der Waals surface area contributed by atoms with E-state index in [0.29, 0.717) is 25.9 Å². The highest BCUT2D eigenvalue weighted by atomic mass is 32.2. The molecule has 0 N–H and O–H groups in total. The minimum Gasteiger partial charge on any atom is -0.469 e. The fourth-order valence-corrected chi connectivity index (χ4v) is 3.69. The van der Waals surface area contributed by atoms with Crippen LogP contribution in [0.4, 0.5) is 0 Å². The molecule has 7 heteroatoms. The van der Waals surface area contributed by atoms with Crippen LogP contribution >= 0.6 is 0 Å². The molecule has 0 spiro atoms. The molecule has 1 aliphatic heterocycles. The molecule has 1 saturated heterocycles. The number of piperidine rings is 1. The lowest BCUT2D eigenvalue weighted by Gasteiger charge is -2.33. The molecule has 1 heterocycles. The summed E-state index contributed by atoms with van der Waals surface area (Å²) in [6, 6.07) is 0. The fourth-order valence-electron chi connectivity index (χ4n) is 2.20. The molecule has 0 aromatic rings. The molecule has 0 bridgehead atoms. The van der Waals surface area contributed by atoms with Crippen LogP contribution in [0, 0.1) is 5.92 Å². The number of hydrogen-bond acceptors (Lipinski definition) is 4. The van der Waals surface area contributed by atoms with Crippen LogP contribution in [0.1, 0.15) is 32.6 Å². The Balaban J connectivity index is 2.69. The van der Waals surface area contributed by atoms with E-state index in [4.69, 9.17) is 4.74 Å². The largest absolute Gasteiger partial charge is 0.469 e. The minimum absolute atomic E-state index is 0.228. The third-order valence-corrected chi connectivity index (χ3v) is 5.42. The summed E-state index contributed by atoms with van der Waals surface area (Å²) in [6.45, 7) is 3.24. The summed E-state index contributed by atoms with van der Waals surface area (Å²) >= 11 is 0. The standard InChI is InChI=1S/C12H24N2O4S/c1-4-5-8-13(2)19(16,17)14-9-6-7-11(10-14)12(15)18-3/h11H,4-10H2,1-3H3. The summed E-state index contributed by atoms with van der Waals surface area (Å²) in [5.74, 6) is -0.663. The van der Waals surface area contributed by atoms with Gasteiger partial charge in [-0.2, -0.15) is 17.0 Å².